The van der Waals surface area contributed by atoms with Gasteiger partial charge in [0.1, 0.15) is 5.82 Å². The summed E-state index contributed by atoms with van der Waals surface area (Å²) >= 11 is 6.02. The van der Waals surface area contributed by atoms with Crippen molar-refractivity contribution in [2.24, 2.45) is 0 Å². The Kier molecular flexibility index (Phi) is 5.46. The molecule has 0 fully saturated rings. The number of benzene rings is 2. The summed E-state index contributed by atoms with van der Waals surface area (Å²) in [6.45, 7) is 1.75. The summed E-state index contributed by atoms with van der Waals surface area (Å²) in [5.74, 6) is -0.825. The van der Waals surface area contributed by atoms with E-state index < -0.39 is 15.9 Å². The van der Waals surface area contributed by atoms with Crippen LogP contribution in [-0.2, 0) is 10.0 Å². The van der Waals surface area contributed by atoms with Gasteiger partial charge in [0.15, 0.2) is 0 Å². The minimum absolute atomic E-state index is 0.138. The van der Waals surface area contributed by atoms with Crippen molar-refractivity contribution in [3.8, 4) is 0 Å². The Bertz CT molecular complexity index is 854. The number of hydrogen-bond donors (Lipinski definition) is 2. The largest absolute Gasteiger partial charge is 0.345 e. The molecule has 0 bridgehead atoms. The third-order valence-electron chi connectivity index (χ3n) is 3.23. The molecule has 0 saturated carbocycles. The first kappa shape index (κ1) is 18.2. The molecule has 8 heteroatoms. The van der Waals surface area contributed by atoms with Crippen molar-refractivity contribution in [2.45, 2.75) is 13.0 Å². The van der Waals surface area contributed by atoms with E-state index in [1.807, 2.05) is 0 Å². The van der Waals surface area contributed by atoms with Gasteiger partial charge in [-0.1, -0.05) is 23.7 Å². The predicted octanol–water partition coefficient (Wildman–Crippen LogP) is 3.34. The number of hydrogen-bond acceptors (Lipinski definition) is 3. The van der Waals surface area contributed by atoms with Crippen molar-refractivity contribution in [1.82, 2.24) is 5.32 Å². The van der Waals surface area contributed by atoms with E-state index in [1.165, 1.54) is 30.3 Å². The number of sulfonamides is 1. The molecule has 0 aromatic heterocycles. The molecule has 0 unspecified atom stereocenters. The maximum absolute atomic E-state index is 12.9. The highest BCUT2D eigenvalue weighted by molar-refractivity contribution is 7.92. The van der Waals surface area contributed by atoms with E-state index in [4.69, 9.17) is 11.6 Å². The van der Waals surface area contributed by atoms with Crippen molar-refractivity contribution in [3.05, 3.63) is 64.4 Å². The number of amides is 1. The van der Waals surface area contributed by atoms with Crippen LogP contribution in [0, 0.1) is 5.82 Å². The molecule has 0 heterocycles. The summed E-state index contributed by atoms with van der Waals surface area (Å²) < 4.78 is 37.8. The molecule has 5 nitrogen and oxygen atoms in total. The second kappa shape index (κ2) is 7.19. The van der Waals surface area contributed by atoms with Crippen LogP contribution in [0.1, 0.15) is 28.9 Å². The first-order valence-corrected chi connectivity index (χ1v) is 9.26. The van der Waals surface area contributed by atoms with Gasteiger partial charge in [-0.3, -0.25) is 9.52 Å². The van der Waals surface area contributed by atoms with Gasteiger partial charge < -0.3 is 5.32 Å². The lowest BCUT2D eigenvalue weighted by molar-refractivity contribution is 0.0940. The topological polar surface area (TPSA) is 75.3 Å². The molecular formula is C16H16ClFN2O3S. The van der Waals surface area contributed by atoms with Crippen LogP contribution in [0.3, 0.4) is 0 Å². The molecule has 24 heavy (non-hydrogen) atoms. The van der Waals surface area contributed by atoms with Gasteiger partial charge in [-0.2, -0.15) is 0 Å². The van der Waals surface area contributed by atoms with Crippen molar-refractivity contribution < 1.29 is 17.6 Å². The zero-order valence-electron chi connectivity index (χ0n) is 13.0. The Morgan fingerprint density at radius 1 is 1.17 bits per heavy atom. The second-order valence-corrected chi connectivity index (χ2v) is 7.47. The fourth-order valence-electron chi connectivity index (χ4n) is 2.09. The first-order valence-electron chi connectivity index (χ1n) is 6.99. The average molecular weight is 371 g/mol. The number of anilines is 1. The van der Waals surface area contributed by atoms with E-state index in [9.17, 15) is 17.6 Å². The number of rotatable bonds is 5. The monoisotopic (exact) mass is 370 g/mol. The molecule has 2 aromatic carbocycles. The quantitative estimate of drug-likeness (QED) is 0.847. The average Bonchev–Trinajstić information content (AvgIpc) is 2.48. The third-order valence-corrected chi connectivity index (χ3v) is 4.17. The van der Waals surface area contributed by atoms with Gasteiger partial charge in [-0.25, -0.2) is 12.8 Å². The molecule has 128 valence electrons. The van der Waals surface area contributed by atoms with Crippen LogP contribution in [-0.4, -0.2) is 20.6 Å². The van der Waals surface area contributed by atoms with Crippen LogP contribution in [0.25, 0.3) is 0 Å². The highest BCUT2D eigenvalue weighted by Gasteiger charge is 2.16. The smallest absolute Gasteiger partial charge is 0.253 e. The Hall–Kier alpha value is -2.12. The molecule has 0 radical (unpaired) electrons. The van der Waals surface area contributed by atoms with Gasteiger partial charge in [0, 0.05) is 5.69 Å². The number of carbonyl (C=O) groups is 1. The fourth-order valence-corrected chi connectivity index (χ4v) is 2.84. The molecule has 1 atom stereocenters. The SMILES string of the molecule is C[C@H](NC(=O)c1cc(NS(C)(=O)=O)ccc1Cl)c1ccc(F)cc1. The summed E-state index contributed by atoms with van der Waals surface area (Å²) in [5.41, 5.74) is 1.10. The maximum atomic E-state index is 12.9. The molecule has 0 spiro atoms. The van der Waals surface area contributed by atoms with Crippen molar-refractivity contribution in [1.29, 1.82) is 0 Å². The third kappa shape index (κ3) is 4.94. The summed E-state index contributed by atoms with van der Waals surface area (Å²) in [5, 5.41) is 2.93. The van der Waals surface area contributed by atoms with Crippen LogP contribution in [0.2, 0.25) is 5.02 Å². The van der Waals surface area contributed by atoms with Gasteiger partial charge >= 0.3 is 0 Å². The molecule has 0 aliphatic heterocycles. The van der Waals surface area contributed by atoms with Crippen LogP contribution < -0.4 is 10.0 Å². The second-order valence-electron chi connectivity index (χ2n) is 5.32. The summed E-state index contributed by atoms with van der Waals surface area (Å²) in [6.07, 6.45) is 1.01. The van der Waals surface area contributed by atoms with Gasteiger partial charge in [0.05, 0.1) is 22.9 Å². The van der Waals surface area contributed by atoms with Gasteiger partial charge in [0.25, 0.3) is 5.91 Å². The lowest BCUT2D eigenvalue weighted by atomic mass is 10.1. The highest BCUT2D eigenvalue weighted by Crippen LogP contribution is 2.22. The maximum Gasteiger partial charge on any atom is 0.253 e. The van der Waals surface area contributed by atoms with E-state index in [2.05, 4.69) is 10.0 Å². The summed E-state index contributed by atoms with van der Waals surface area (Å²) in [4.78, 5) is 12.4. The van der Waals surface area contributed by atoms with Crippen molar-refractivity contribution >= 4 is 33.2 Å². The number of halogens is 2. The Morgan fingerprint density at radius 3 is 2.38 bits per heavy atom. The standard InChI is InChI=1S/C16H16ClFN2O3S/c1-10(11-3-5-12(18)6-4-11)19-16(21)14-9-13(7-8-15(14)17)20-24(2,22)23/h3-10,20H,1-2H3,(H,19,21)/t10-/m0/s1. The van der Waals surface area contributed by atoms with Crippen molar-refractivity contribution in [2.75, 3.05) is 11.0 Å². The van der Waals surface area contributed by atoms with Gasteiger partial charge in [0.2, 0.25) is 10.0 Å². The molecule has 2 N–H and O–H groups in total. The normalized spacial score (nSPS) is 12.5. The molecular weight excluding hydrogens is 355 g/mol. The van der Waals surface area contributed by atoms with E-state index >= 15 is 0 Å². The number of carbonyl (C=O) groups excluding carboxylic acids is 1. The van der Waals surface area contributed by atoms with Crippen molar-refractivity contribution in [3.63, 3.8) is 0 Å². The molecule has 2 rings (SSSR count). The summed E-state index contributed by atoms with van der Waals surface area (Å²) in [6, 6.07) is 9.64. The van der Waals surface area contributed by atoms with Crippen LogP contribution in [0.15, 0.2) is 42.5 Å². The molecule has 0 aliphatic carbocycles. The molecule has 2 aromatic rings. The van der Waals surface area contributed by atoms with E-state index in [0.29, 0.717) is 0 Å². The van der Waals surface area contributed by atoms with Crippen LogP contribution in [0.5, 0.6) is 0 Å². The van der Waals surface area contributed by atoms with E-state index in [-0.39, 0.29) is 28.1 Å². The van der Waals surface area contributed by atoms with Crippen LogP contribution >= 0.6 is 11.6 Å². The van der Waals surface area contributed by atoms with E-state index in [0.717, 1.165) is 11.8 Å². The fraction of sp³-hybridized carbons (Fsp3) is 0.188. The lowest BCUT2D eigenvalue weighted by Gasteiger charge is -2.15. The Morgan fingerprint density at radius 2 is 1.79 bits per heavy atom. The molecule has 0 saturated heterocycles. The van der Waals surface area contributed by atoms with Gasteiger partial charge in [-0.15, -0.1) is 0 Å². The zero-order chi connectivity index (χ0) is 17.9. The first-order chi connectivity index (χ1) is 11.2. The zero-order valence-corrected chi connectivity index (χ0v) is 14.6. The van der Waals surface area contributed by atoms with E-state index in [1.54, 1.807) is 19.1 Å². The van der Waals surface area contributed by atoms with Gasteiger partial charge in [-0.05, 0) is 42.8 Å². The van der Waals surface area contributed by atoms with Crippen LogP contribution in [0.4, 0.5) is 10.1 Å². The predicted molar refractivity (Wildman–Crippen MR) is 92.2 cm³/mol. The minimum Gasteiger partial charge on any atom is -0.345 e. The Labute approximate surface area is 144 Å². The molecule has 1 amide bonds. The summed E-state index contributed by atoms with van der Waals surface area (Å²) in [7, 11) is -3.46. The number of nitrogens with one attached hydrogen (secondary N) is 2. The highest BCUT2D eigenvalue weighted by atomic mass is 35.5. The minimum atomic E-state index is -3.46. The lowest BCUT2D eigenvalue weighted by Crippen LogP contribution is -2.27. The Balaban J connectivity index is 2.19. The molecule has 0 aliphatic rings.